The molecule has 98 valence electrons. The summed E-state index contributed by atoms with van der Waals surface area (Å²) in [4.78, 5) is 0. The van der Waals surface area contributed by atoms with Crippen molar-refractivity contribution < 1.29 is 0 Å². The van der Waals surface area contributed by atoms with Gasteiger partial charge in [0.05, 0.1) is 5.70 Å². The molecule has 0 saturated heterocycles. The predicted molar refractivity (Wildman–Crippen MR) is 81.7 cm³/mol. The van der Waals surface area contributed by atoms with Gasteiger partial charge in [-0.05, 0) is 38.3 Å². The summed E-state index contributed by atoms with van der Waals surface area (Å²) in [7, 11) is 0. The molecule has 0 aromatic heterocycles. The van der Waals surface area contributed by atoms with Crippen LogP contribution in [-0.4, -0.2) is 0 Å². The quantitative estimate of drug-likeness (QED) is 0.404. The van der Waals surface area contributed by atoms with Crippen molar-refractivity contribution in [2.24, 2.45) is 5.84 Å². The number of allylic oxidation sites excluding steroid dienone is 9. The molecule has 3 N–H and O–H groups in total. The van der Waals surface area contributed by atoms with Crippen molar-refractivity contribution in [1.82, 2.24) is 5.43 Å². The first kappa shape index (κ1) is 16.2. The van der Waals surface area contributed by atoms with Gasteiger partial charge in [-0.15, -0.1) is 0 Å². The normalized spacial score (nSPS) is 14.6. The maximum atomic E-state index is 5.57. The van der Waals surface area contributed by atoms with Gasteiger partial charge in [0, 0.05) is 0 Å². The molecule has 0 aliphatic rings. The molecule has 0 heterocycles. The van der Waals surface area contributed by atoms with E-state index in [1.807, 2.05) is 45.1 Å². The summed E-state index contributed by atoms with van der Waals surface area (Å²) in [5.41, 5.74) is 5.91. The highest BCUT2D eigenvalue weighted by molar-refractivity contribution is 5.41. The topological polar surface area (TPSA) is 38.0 Å². The van der Waals surface area contributed by atoms with Crippen LogP contribution in [0.2, 0.25) is 0 Å². The Balaban J connectivity index is 5.06. The summed E-state index contributed by atoms with van der Waals surface area (Å²) in [5, 5.41) is 0. The second-order valence-electron chi connectivity index (χ2n) is 3.69. The molecule has 18 heavy (non-hydrogen) atoms. The third-order valence-electron chi connectivity index (χ3n) is 2.40. The molecule has 0 amide bonds. The second-order valence-corrected chi connectivity index (χ2v) is 3.69. The smallest absolute Gasteiger partial charge is 0.0520 e. The molecule has 0 aromatic rings. The van der Waals surface area contributed by atoms with Crippen LogP contribution in [-0.2, 0) is 0 Å². The Morgan fingerprint density at radius 3 is 2.28 bits per heavy atom. The Labute approximate surface area is 111 Å². The number of nitrogens with one attached hydrogen (secondary N) is 1. The molecule has 0 atom stereocenters. The van der Waals surface area contributed by atoms with Gasteiger partial charge in [-0.2, -0.15) is 0 Å². The van der Waals surface area contributed by atoms with Crippen LogP contribution >= 0.6 is 0 Å². The van der Waals surface area contributed by atoms with E-state index in [1.54, 1.807) is 6.08 Å². The zero-order chi connectivity index (χ0) is 13.8. The van der Waals surface area contributed by atoms with Gasteiger partial charge in [0.1, 0.15) is 0 Å². The second kappa shape index (κ2) is 10.4. The largest absolute Gasteiger partial charge is 0.324 e. The first-order chi connectivity index (χ1) is 8.73. The predicted octanol–water partition coefficient (Wildman–Crippen LogP) is 3.93. The third-order valence-corrected chi connectivity index (χ3v) is 2.40. The van der Waals surface area contributed by atoms with Crippen molar-refractivity contribution in [1.29, 1.82) is 0 Å². The zero-order valence-electron chi connectivity index (χ0n) is 11.6. The van der Waals surface area contributed by atoms with Gasteiger partial charge in [-0.25, -0.2) is 0 Å². The molecule has 0 aliphatic heterocycles. The highest BCUT2D eigenvalue weighted by Gasteiger charge is 1.99. The molecule has 0 rings (SSSR count). The number of hydrogen-bond donors (Lipinski definition) is 2. The van der Waals surface area contributed by atoms with E-state index in [-0.39, 0.29) is 0 Å². The van der Waals surface area contributed by atoms with Gasteiger partial charge in [0.15, 0.2) is 0 Å². The Morgan fingerprint density at radius 2 is 1.83 bits per heavy atom. The fourth-order valence-corrected chi connectivity index (χ4v) is 1.52. The van der Waals surface area contributed by atoms with Crippen LogP contribution < -0.4 is 11.3 Å². The van der Waals surface area contributed by atoms with Crippen LogP contribution in [0.25, 0.3) is 0 Å². The molecular weight excluding hydrogens is 220 g/mol. The minimum Gasteiger partial charge on any atom is -0.324 e. The van der Waals surface area contributed by atoms with Crippen LogP contribution in [0.4, 0.5) is 0 Å². The highest BCUT2D eigenvalue weighted by atomic mass is 15.2. The third kappa shape index (κ3) is 6.06. The number of hydrazine groups is 1. The van der Waals surface area contributed by atoms with E-state index < -0.39 is 0 Å². The van der Waals surface area contributed by atoms with E-state index in [0.29, 0.717) is 0 Å². The van der Waals surface area contributed by atoms with E-state index in [9.17, 15) is 0 Å². The van der Waals surface area contributed by atoms with Gasteiger partial charge < -0.3 is 5.43 Å². The summed E-state index contributed by atoms with van der Waals surface area (Å²) in [6.45, 7) is 9.73. The first-order valence-corrected chi connectivity index (χ1v) is 6.13. The van der Waals surface area contributed by atoms with Crippen LogP contribution in [0.5, 0.6) is 0 Å². The van der Waals surface area contributed by atoms with Crippen molar-refractivity contribution in [2.75, 3.05) is 0 Å². The van der Waals surface area contributed by atoms with Gasteiger partial charge in [0.2, 0.25) is 0 Å². The Morgan fingerprint density at radius 1 is 1.17 bits per heavy atom. The van der Waals surface area contributed by atoms with Gasteiger partial charge in [-0.1, -0.05) is 55.2 Å². The van der Waals surface area contributed by atoms with Gasteiger partial charge >= 0.3 is 0 Å². The summed E-state index contributed by atoms with van der Waals surface area (Å²) in [5.74, 6) is 5.57. The molecule has 0 fully saturated rings. The lowest BCUT2D eigenvalue weighted by Gasteiger charge is -2.08. The molecule has 2 nitrogen and oxygen atoms in total. The minimum atomic E-state index is 0.840. The summed E-state index contributed by atoms with van der Waals surface area (Å²) in [6, 6.07) is 0. The van der Waals surface area contributed by atoms with Crippen molar-refractivity contribution in [3.63, 3.8) is 0 Å². The molecule has 0 spiro atoms. The average molecular weight is 244 g/mol. The van der Waals surface area contributed by atoms with Crippen molar-refractivity contribution in [3.05, 3.63) is 72.0 Å². The summed E-state index contributed by atoms with van der Waals surface area (Å²) >= 11 is 0. The maximum Gasteiger partial charge on any atom is 0.0520 e. The van der Waals surface area contributed by atoms with Crippen molar-refractivity contribution in [2.45, 2.75) is 27.2 Å². The monoisotopic (exact) mass is 244 g/mol. The lowest BCUT2D eigenvalue weighted by atomic mass is 10.1. The SMILES string of the molecule is C=C/C=C(\C=C/C)C(=C/CC(/C=C\C)=C/C)/NN. The molecule has 0 unspecified atom stereocenters. The standard InChI is InChI=1S/C16H24N2/c1-5-9-14(8-4)12-13-16(18-17)15(10-6-2)11-7-3/h5-11,13,18H,2,12,17H2,1,3-4H3/b9-5-,11-7-,14-8+,15-10+,16-13-. The molecular formula is C16H24N2. The first-order valence-electron chi connectivity index (χ1n) is 6.13. The Kier molecular flexibility index (Phi) is 9.32. The van der Waals surface area contributed by atoms with E-state index in [4.69, 9.17) is 5.84 Å². The molecule has 0 aliphatic carbocycles. The van der Waals surface area contributed by atoms with Crippen molar-refractivity contribution in [3.8, 4) is 0 Å². The maximum absolute atomic E-state index is 5.57. The van der Waals surface area contributed by atoms with E-state index in [1.165, 1.54) is 5.57 Å². The van der Waals surface area contributed by atoms with Crippen LogP contribution in [0.15, 0.2) is 72.0 Å². The number of rotatable bonds is 7. The fourth-order valence-electron chi connectivity index (χ4n) is 1.52. The molecule has 0 bridgehead atoms. The summed E-state index contributed by atoms with van der Waals surface area (Å²) < 4.78 is 0. The van der Waals surface area contributed by atoms with Crippen LogP contribution in [0.1, 0.15) is 27.2 Å². The molecule has 0 radical (unpaired) electrons. The van der Waals surface area contributed by atoms with E-state index in [0.717, 1.165) is 17.7 Å². The molecule has 0 saturated carbocycles. The molecule has 0 aromatic carbocycles. The van der Waals surface area contributed by atoms with Crippen LogP contribution in [0.3, 0.4) is 0 Å². The van der Waals surface area contributed by atoms with Crippen molar-refractivity contribution >= 4 is 0 Å². The minimum absolute atomic E-state index is 0.840. The lowest BCUT2D eigenvalue weighted by Crippen LogP contribution is -2.22. The van der Waals surface area contributed by atoms with E-state index in [2.05, 4.69) is 30.2 Å². The average Bonchev–Trinajstić information content (AvgIpc) is 2.38. The Hall–Kier alpha value is -1.80. The van der Waals surface area contributed by atoms with E-state index >= 15 is 0 Å². The number of hydrogen-bond acceptors (Lipinski definition) is 2. The highest BCUT2D eigenvalue weighted by Crippen LogP contribution is 2.13. The van der Waals surface area contributed by atoms with Gasteiger partial charge in [0.25, 0.3) is 0 Å². The number of nitrogens with two attached hydrogens (primary N) is 1. The van der Waals surface area contributed by atoms with Crippen LogP contribution in [0, 0.1) is 0 Å². The summed E-state index contributed by atoms with van der Waals surface area (Å²) in [6.07, 6.45) is 16.8. The Bertz CT molecular complexity index is 393. The zero-order valence-corrected chi connectivity index (χ0v) is 11.6. The molecule has 2 heteroatoms. The van der Waals surface area contributed by atoms with Gasteiger partial charge in [-0.3, -0.25) is 5.84 Å². The lowest BCUT2D eigenvalue weighted by molar-refractivity contribution is 0.894. The fraction of sp³-hybridized carbons (Fsp3) is 0.250.